The number of nitrogens with two attached hydrogens (primary N) is 2. The smallest absolute Gasteiger partial charge is 0.230 e. The predicted octanol–water partition coefficient (Wildman–Crippen LogP) is 3.74. The molecule has 0 aliphatic rings. The van der Waals surface area contributed by atoms with E-state index in [1.165, 1.54) is 0 Å². The van der Waals surface area contributed by atoms with Crippen molar-refractivity contribution >= 4 is 11.8 Å². The van der Waals surface area contributed by atoms with Crippen molar-refractivity contribution in [3.05, 3.63) is 59.5 Å². The molecule has 10 nitrogen and oxygen atoms in total. The molecule has 0 aliphatic heterocycles. The van der Waals surface area contributed by atoms with E-state index in [0.717, 1.165) is 0 Å². The molecule has 2 aromatic carbocycles. The van der Waals surface area contributed by atoms with Gasteiger partial charge in [-0.3, -0.25) is 0 Å². The molecule has 0 unspecified atom stereocenters. The van der Waals surface area contributed by atoms with Crippen molar-refractivity contribution in [3.63, 3.8) is 0 Å². The van der Waals surface area contributed by atoms with Gasteiger partial charge in [-0.05, 0) is 49.4 Å². The minimum atomic E-state index is -0.00296. The normalized spacial score (nSPS) is 10.5. The number of hydrogen-bond acceptors (Lipinski definition) is 10. The molecule has 0 bridgehead atoms. The van der Waals surface area contributed by atoms with Crippen LogP contribution in [-0.2, 0) is 6.61 Å². The third kappa shape index (κ3) is 4.40. The number of aryl methyl sites for hydroxylation is 1. The van der Waals surface area contributed by atoms with Crippen molar-refractivity contribution in [2.24, 2.45) is 0 Å². The number of methoxy groups -OCH3 is 2. The van der Waals surface area contributed by atoms with Gasteiger partial charge in [0.2, 0.25) is 11.8 Å². The molecule has 0 saturated heterocycles. The summed E-state index contributed by atoms with van der Waals surface area (Å²) in [6.45, 7) is 2.01. The minimum absolute atomic E-state index is 0.00296. The fourth-order valence-corrected chi connectivity index (χ4v) is 3.33. The Morgan fingerprint density at radius 1 is 0.971 bits per heavy atom. The van der Waals surface area contributed by atoms with Crippen LogP contribution in [0.4, 0.5) is 11.8 Å². The van der Waals surface area contributed by atoms with Crippen LogP contribution in [0, 0.1) is 18.3 Å². The molecular weight excluding hydrogens is 436 g/mol. The zero-order valence-electron chi connectivity index (χ0n) is 18.8. The maximum absolute atomic E-state index is 9.38. The van der Waals surface area contributed by atoms with Crippen molar-refractivity contribution in [3.8, 4) is 46.0 Å². The van der Waals surface area contributed by atoms with Crippen molar-refractivity contribution in [2.75, 3.05) is 25.7 Å². The summed E-state index contributed by atoms with van der Waals surface area (Å²) in [5.41, 5.74) is 14.0. The second kappa shape index (κ2) is 9.38. The molecule has 4 N–H and O–H groups in total. The number of benzene rings is 2. The maximum atomic E-state index is 9.38. The highest BCUT2D eigenvalue weighted by Gasteiger charge is 2.17. The van der Waals surface area contributed by atoms with Crippen LogP contribution in [0.2, 0.25) is 0 Å². The highest BCUT2D eigenvalue weighted by molar-refractivity contribution is 5.73. The van der Waals surface area contributed by atoms with Gasteiger partial charge in [-0.25, -0.2) is 9.97 Å². The fraction of sp³-hybridized carbons (Fsp3) is 0.167. The first-order chi connectivity index (χ1) is 16.4. The Bertz CT molecular complexity index is 1380. The van der Waals surface area contributed by atoms with Gasteiger partial charge in [-0.1, -0.05) is 0 Å². The Morgan fingerprint density at radius 3 is 2.38 bits per heavy atom. The Labute approximate surface area is 195 Å². The van der Waals surface area contributed by atoms with Crippen molar-refractivity contribution in [1.82, 2.24) is 15.0 Å². The summed E-state index contributed by atoms with van der Waals surface area (Å²) in [5.74, 6) is 2.95. The lowest BCUT2D eigenvalue weighted by Crippen LogP contribution is -2.05. The first-order valence-electron chi connectivity index (χ1n) is 10.2. The van der Waals surface area contributed by atoms with E-state index in [2.05, 4.69) is 15.0 Å². The molecule has 2 heterocycles. The number of nitrogens with zero attached hydrogens (tertiary/aromatic N) is 4. The van der Waals surface area contributed by atoms with Gasteiger partial charge < -0.3 is 30.1 Å². The van der Waals surface area contributed by atoms with E-state index in [1.54, 1.807) is 56.7 Å². The quantitative estimate of drug-likeness (QED) is 0.418. The molecule has 4 rings (SSSR count). The van der Waals surface area contributed by atoms with Crippen molar-refractivity contribution < 1.29 is 18.6 Å². The summed E-state index contributed by atoms with van der Waals surface area (Å²) in [7, 11) is 3.17. The van der Waals surface area contributed by atoms with E-state index in [4.69, 9.17) is 30.1 Å². The first-order valence-corrected chi connectivity index (χ1v) is 10.2. The summed E-state index contributed by atoms with van der Waals surface area (Å²) in [5, 5.41) is 9.38. The van der Waals surface area contributed by atoms with E-state index >= 15 is 0 Å². The third-order valence-corrected chi connectivity index (χ3v) is 5.10. The number of ether oxygens (including phenoxy) is 3. The lowest BCUT2D eigenvalue weighted by atomic mass is 10.1. The topological polar surface area (TPSA) is 155 Å². The fourth-order valence-electron chi connectivity index (χ4n) is 3.33. The SMILES string of the molecule is COc1ccc(OC)c(-c2nc(COc3ccc(-c4nc(N)nc(N)c4C#N)cc3)c(C)o2)c1. The Hall–Kier alpha value is -4.78. The molecule has 0 saturated carbocycles. The lowest BCUT2D eigenvalue weighted by molar-refractivity contribution is 0.299. The molecule has 0 fully saturated rings. The minimum Gasteiger partial charge on any atom is -0.497 e. The first kappa shape index (κ1) is 22.4. The Kier molecular flexibility index (Phi) is 6.18. The number of aromatic nitrogens is 3. The van der Waals surface area contributed by atoms with Gasteiger partial charge >= 0.3 is 0 Å². The van der Waals surface area contributed by atoms with Gasteiger partial charge in [0, 0.05) is 5.56 Å². The van der Waals surface area contributed by atoms with Crippen LogP contribution in [0.5, 0.6) is 17.2 Å². The monoisotopic (exact) mass is 458 g/mol. The van der Waals surface area contributed by atoms with Gasteiger partial charge in [0.1, 0.15) is 52.8 Å². The average Bonchev–Trinajstić information content (AvgIpc) is 3.22. The molecule has 0 atom stereocenters. The Balaban J connectivity index is 1.53. The molecule has 34 heavy (non-hydrogen) atoms. The van der Waals surface area contributed by atoms with Crippen LogP contribution in [0.15, 0.2) is 46.9 Å². The average molecular weight is 458 g/mol. The van der Waals surface area contributed by atoms with Crippen LogP contribution in [0.3, 0.4) is 0 Å². The third-order valence-electron chi connectivity index (χ3n) is 5.10. The summed E-state index contributed by atoms with van der Waals surface area (Å²) < 4.78 is 22.5. The molecule has 0 aliphatic carbocycles. The summed E-state index contributed by atoms with van der Waals surface area (Å²) in [6.07, 6.45) is 0. The van der Waals surface area contributed by atoms with Gasteiger partial charge in [0.15, 0.2) is 0 Å². The Morgan fingerprint density at radius 2 is 1.71 bits per heavy atom. The zero-order valence-corrected chi connectivity index (χ0v) is 18.8. The molecule has 0 spiro atoms. The van der Waals surface area contributed by atoms with Crippen LogP contribution >= 0.6 is 0 Å². The number of nitriles is 1. The van der Waals surface area contributed by atoms with Gasteiger partial charge in [-0.15, -0.1) is 0 Å². The van der Waals surface area contributed by atoms with Crippen molar-refractivity contribution in [1.29, 1.82) is 5.26 Å². The molecule has 4 aromatic rings. The van der Waals surface area contributed by atoms with Crippen LogP contribution in [-0.4, -0.2) is 29.2 Å². The number of hydrogen-bond donors (Lipinski definition) is 2. The van der Waals surface area contributed by atoms with E-state index in [1.807, 2.05) is 13.0 Å². The summed E-state index contributed by atoms with van der Waals surface area (Å²) in [6, 6.07) is 14.5. The van der Waals surface area contributed by atoms with Gasteiger partial charge in [0.05, 0.1) is 25.5 Å². The largest absolute Gasteiger partial charge is 0.497 e. The van der Waals surface area contributed by atoms with Crippen LogP contribution in [0.1, 0.15) is 17.0 Å². The van der Waals surface area contributed by atoms with Crippen LogP contribution < -0.4 is 25.7 Å². The molecule has 0 radical (unpaired) electrons. The summed E-state index contributed by atoms with van der Waals surface area (Å²) in [4.78, 5) is 12.6. The summed E-state index contributed by atoms with van der Waals surface area (Å²) >= 11 is 0. The molecule has 172 valence electrons. The number of rotatable bonds is 7. The van der Waals surface area contributed by atoms with E-state index in [9.17, 15) is 5.26 Å². The zero-order chi connectivity index (χ0) is 24.2. The van der Waals surface area contributed by atoms with Gasteiger partial charge in [-0.2, -0.15) is 10.2 Å². The number of nitrogen functional groups attached to an aromatic ring is 2. The van der Waals surface area contributed by atoms with E-state index in [0.29, 0.717) is 51.4 Å². The second-order valence-electron chi connectivity index (χ2n) is 7.20. The van der Waals surface area contributed by atoms with Crippen molar-refractivity contribution in [2.45, 2.75) is 13.5 Å². The van der Waals surface area contributed by atoms with Gasteiger partial charge in [0.25, 0.3) is 0 Å². The highest BCUT2D eigenvalue weighted by atomic mass is 16.5. The molecule has 10 heteroatoms. The van der Waals surface area contributed by atoms with Crippen LogP contribution in [0.25, 0.3) is 22.7 Å². The molecule has 2 aromatic heterocycles. The predicted molar refractivity (Wildman–Crippen MR) is 125 cm³/mol. The standard InChI is InChI=1S/C24H22N6O4/c1-13-19(28-23(34-13)17-10-16(31-2)8-9-20(17)32-3)12-33-15-6-4-14(5-7-15)21-18(11-25)22(26)30-24(27)29-21/h4-10H,12H2,1-3H3,(H4,26,27,29,30). The lowest BCUT2D eigenvalue weighted by Gasteiger charge is -2.08. The molecule has 0 amide bonds. The highest BCUT2D eigenvalue weighted by Crippen LogP contribution is 2.34. The van der Waals surface area contributed by atoms with E-state index in [-0.39, 0.29) is 23.9 Å². The number of anilines is 2. The van der Waals surface area contributed by atoms with E-state index < -0.39 is 0 Å². The second-order valence-corrected chi connectivity index (χ2v) is 7.20. The molecular formula is C24H22N6O4. The number of oxazole rings is 1. The maximum Gasteiger partial charge on any atom is 0.230 e.